The highest BCUT2D eigenvalue weighted by Crippen LogP contribution is 2.33. The molecular formula is C17H19ClN2O2. The van der Waals surface area contributed by atoms with E-state index >= 15 is 0 Å². The summed E-state index contributed by atoms with van der Waals surface area (Å²) in [7, 11) is 0. The molecule has 2 aromatic rings. The van der Waals surface area contributed by atoms with E-state index in [2.05, 4.69) is 9.88 Å². The highest BCUT2D eigenvalue weighted by molar-refractivity contribution is 6.30. The van der Waals surface area contributed by atoms with E-state index < -0.39 is 0 Å². The van der Waals surface area contributed by atoms with E-state index in [0.29, 0.717) is 19.7 Å². The Morgan fingerprint density at radius 3 is 3.00 bits per heavy atom. The average molecular weight is 319 g/mol. The zero-order chi connectivity index (χ0) is 15.4. The predicted octanol–water partition coefficient (Wildman–Crippen LogP) is 2.66. The summed E-state index contributed by atoms with van der Waals surface area (Å²) in [6.07, 6.45) is 4.52. The molecule has 1 aliphatic heterocycles. The Morgan fingerprint density at radius 2 is 2.23 bits per heavy atom. The first-order valence-corrected chi connectivity index (χ1v) is 7.80. The normalized spacial score (nSPS) is 13.2. The third-order valence-electron chi connectivity index (χ3n) is 3.76. The van der Waals surface area contributed by atoms with Gasteiger partial charge in [0.05, 0.1) is 13.2 Å². The van der Waals surface area contributed by atoms with Crippen LogP contribution >= 0.6 is 11.6 Å². The summed E-state index contributed by atoms with van der Waals surface area (Å²) in [5.74, 6) is 0.957. The number of fused-ring (bicyclic) bond motifs is 1. The lowest BCUT2D eigenvalue weighted by Gasteiger charge is -2.22. The molecule has 0 spiro atoms. The van der Waals surface area contributed by atoms with Gasteiger partial charge in [-0.3, -0.25) is 9.88 Å². The molecular weight excluding hydrogens is 300 g/mol. The van der Waals surface area contributed by atoms with Crippen LogP contribution in [0, 0.1) is 0 Å². The summed E-state index contributed by atoms with van der Waals surface area (Å²) >= 11 is 6.22. The fourth-order valence-corrected chi connectivity index (χ4v) is 3.07. The minimum atomic E-state index is 0.115. The van der Waals surface area contributed by atoms with Crippen molar-refractivity contribution < 1.29 is 9.84 Å². The van der Waals surface area contributed by atoms with Crippen LogP contribution in [0.1, 0.15) is 16.7 Å². The van der Waals surface area contributed by atoms with Crippen molar-refractivity contribution in [3.8, 4) is 5.75 Å². The van der Waals surface area contributed by atoms with Crippen molar-refractivity contribution in [2.75, 3.05) is 19.8 Å². The molecule has 4 nitrogen and oxygen atoms in total. The molecule has 1 aromatic heterocycles. The molecule has 22 heavy (non-hydrogen) atoms. The summed E-state index contributed by atoms with van der Waals surface area (Å²) in [6, 6.07) is 7.90. The van der Waals surface area contributed by atoms with Gasteiger partial charge in [-0.25, -0.2) is 0 Å². The topological polar surface area (TPSA) is 45.6 Å². The standard InChI is InChI=1S/C17H19ClN2O2/c18-16-8-14-3-7-22-17(14)15(9-16)12-20(5-6-21)11-13-2-1-4-19-10-13/h1-2,4,8-10,21H,3,5-7,11-12H2. The largest absolute Gasteiger partial charge is 0.493 e. The number of pyridine rings is 1. The number of nitrogens with zero attached hydrogens (tertiary/aromatic N) is 2. The Bertz CT molecular complexity index is 634. The molecule has 1 N–H and O–H groups in total. The SMILES string of the molecule is OCCN(Cc1cccnc1)Cc1cc(Cl)cc2c1OCC2. The maximum Gasteiger partial charge on any atom is 0.127 e. The van der Waals surface area contributed by atoms with Crippen LogP contribution in [-0.2, 0) is 19.5 Å². The lowest BCUT2D eigenvalue weighted by atomic mass is 10.1. The van der Waals surface area contributed by atoms with Crippen molar-refractivity contribution in [1.82, 2.24) is 9.88 Å². The number of hydrogen-bond donors (Lipinski definition) is 1. The quantitative estimate of drug-likeness (QED) is 0.889. The molecule has 1 aromatic carbocycles. The minimum Gasteiger partial charge on any atom is -0.493 e. The number of aromatic nitrogens is 1. The van der Waals surface area contributed by atoms with Crippen LogP contribution in [0.5, 0.6) is 5.75 Å². The molecule has 0 unspecified atom stereocenters. The van der Waals surface area contributed by atoms with Crippen molar-refractivity contribution >= 4 is 11.6 Å². The summed E-state index contributed by atoms with van der Waals surface area (Å²) in [4.78, 5) is 6.31. The Labute approximate surface area is 135 Å². The molecule has 0 radical (unpaired) electrons. The molecule has 3 rings (SSSR count). The number of aliphatic hydroxyl groups excluding tert-OH is 1. The van der Waals surface area contributed by atoms with Gasteiger partial charge in [0.1, 0.15) is 5.75 Å². The highest BCUT2D eigenvalue weighted by atomic mass is 35.5. The van der Waals surface area contributed by atoms with Gasteiger partial charge in [0.25, 0.3) is 0 Å². The van der Waals surface area contributed by atoms with Gasteiger partial charge in [0.15, 0.2) is 0 Å². The zero-order valence-corrected chi connectivity index (χ0v) is 13.1. The van der Waals surface area contributed by atoms with Crippen molar-refractivity contribution in [3.63, 3.8) is 0 Å². The monoisotopic (exact) mass is 318 g/mol. The predicted molar refractivity (Wildman–Crippen MR) is 86.1 cm³/mol. The van der Waals surface area contributed by atoms with Crippen molar-refractivity contribution in [2.24, 2.45) is 0 Å². The van der Waals surface area contributed by atoms with E-state index in [1.165, 1.54) is 5.56 Å². The molecule has 0 saturated heterocycles. The molecule has 1 aliphatic rings. The third-order valence-corrected chi connectivity index (χ3v) is 3.98. The fourth-order valence-electron chi connectivity index (χ4n) is 2.81. The third kappa shape index (κ3) is 3.58. The van der Waals surface area contributed by atoms with Crippen LogP contribution in [0.2, 0.25) is 5.02 Å². The van der Waals surface area contributed by atoms with Gasteiger partial charge in [-0.2, -0.15) is 0 Å². The van der Waals surface area contributed by atoms with Crippen molar-refractivity contribution in [3.05, 3.63) is 58.4 Å². The molecule has 2 heterocycles. The first-order chi connectivity index (χ1) is 10.8. The van der Waals surface area contributed by atoms with Crippen LogP contribution in [0.15, 0.2) is 36.7 Å². The van der Waals surface area contributed by atoms with Gasteiger partial charge in [-0.05, 0) is 29.3 Å². The summed E-state index contributed by atoms with van der Waals surface area (Å²) in [6.45, 7) is 2.85. The summed E-state index contributed by atoms with van der Waals surface area (Å²) in [5, 5.41) is 10.1. The van der Waals surface area contributed by atoms with E-state index in [1.54, 1.807) is 6.20 Å². The zero-order valence-electron chi connectivity index (χ0n) is 12.3. The summed E-state index contributed by atoms with van der Waals surface area (Å²) < 4.78 is 5.75. The fraction of sp³-hybridized carbons (Fsp3) is 0.353. The van der Waals surface area contributed by atoms with Gasteiger partial charge in [-0.1, -0.05) is 17.7 Å². The van der Waals surface area contributed by atoms with Crippen LogP contribution in [0.25, 0.3) is 0 Å². The maximum absolute atomic E-state index is 9.33. The molecule has 0 bridgehead atoms. The number of halogens is 1. The van der Waals surface area contributed by atoms with Gasteiger partial charge in [-0.15, -0.1) is 0 Å². The van der Waals surface area contributed by atoms with E-state index in [9.17, 15) is 5.11 Å². The van der Waals surface area contributed by atoms with Gasteiger partial charge in [0, 0.05) is 49.0 Å². The first kappa shape index (κ1) is 15.3. The van der Waals surface area contributed by atoms with Gasteiger partial charge in [0.2, 0.25) is 0 Å². The van der Waals surface area contributed by atoms with Crippen LogP contribution in [0.3, 0.4) is 0 Å². The molecule has 0 aliphatic carbocycles. The van der Waals surface area contributed by atoms with Gasteiger partial charge >= 0.3 is 0 Å². The molecule has 0 atom stereocenters. The van der Waals surface area contributed by atoms with Crippen molar-refractivity contribution in [2.45, 2.75) is 19.5 Å². The van der Waals surface area contributed by atoms with Gasteiger partial charge < -0.3 is 9.84 Å². The van der Waals surface area contributed by atoms with E-state index in [0.717, 1.165) is 34.9 Å². The van der Waals surface area contributed by atoms with E-state index in [1.807, 2.05) is 30.5 Å². The smallest absolute Gasteiger partial charge is 0.127 e. The van der Waals surface area contributed by atoms with Crippen LogP contribution in [-0.4, -0.2) is 34.7 Å². The Balaban J connectivity index is 1.79. The Kier molecular flexibility index (Phi) is 4.93. The van der Waals surface area contributed by atoms with E-state index in [4.69, 9.17) is 16.3 Å². The molecule has 5 heteroatoms. The summed E-state index contributed by atoms with van der Waals surface area (Å²) in [5.41, 5.74) is 3.38. The molecule has 0 fully saturated rings. The number of benzene rings is 1. The lowest BCUT2D eigenvalue weighted by Crippen LogP contribution is -2.26. The Morgan fingerprint density at radius 1 is 1.32 bits per heavy atom. The van der Waals surface area contributed by atoms with Crippen LogP contribution < -0.4 is 4.74 Å². The first-order valence-electron chi connectivity index (χ1n) is 7.42. The number of rotatable bonds is 6. The highest BCUT2D eigenvalue weighted by Gasteiger charge is 2.19. The molecule has 0 amide bonds. The maximum atomic E-state index is 9.33. The Hall–Kier alpha value is -1.62. The van der Waals surface area contributed by atoms with Crippen molar-refractivity contribution in [1.29, 1.82) is 0 Å². The average Bonchev–Trinajstić information content (AvgIpc) is 2.97. The van der Waals surface area contributed by atoms with Crippen LogP contribution in [0.4, 0.5) is 0 Å². The number of hydrogen-bond acceptors (Lipinski definition) is 4. The number of ether oxygens (including phenoxy) is 1. The second kappa shape index (κ2) is 7.09. The molecule has 0 saturated carbocycles. The molecule has 116 valence electrons. The minimum absolute atomic E-state index is 0.115. The van der Waals surface area contributed by atoms with E-state index in [-0.39, 0.29) is 6.61 Å². The number of aliphatic hydroxyl groups is 1. The lowest BCUT2D eigenvalue weighted by molar-refractivity contribution is 0.182. The second-order valence-corrected chi connectivity index (χ2v) is 5.88. The second-order valence-electron chi connectivity index (χ2n) is 5.45.